The van der Waals surface area contributed by atoms with Gasteiger partial charge in [0.25, 0.3) is 0 Å². The van der Waals surface area contributed by atoms with Gasteiger partial charge in [-0.3, -0.25) is 9.59 Å². The van der Waals surface area contributed by atoms with Crippen molar-refractivity contribution in [1.82, 2.24) is 0 Å². The standard InChI is InChI=1S/C28H25NO3.C21H18O4.C7H9N/c1-21-7-5-6-10-27(21)29-28(30)19-22-11-13-25(14-12-22)32-26-17-15-24(16-18-26)31-20-23-8-3-2-4-9-23;22-21(23)14-16-6-8-19(9-7-16)25-20-12-10-18(11-13-20)24-15-17-4-2-1-3-5-17;1-6-4-2-3-5-7(6)8/h2-18H,19-20H2,1H3,(H,29,30);1-13H,14-15H2,(H,22,23);2-5H,8H2,1H3. The average molecular weight is 865 g/mol. The summed E-state index contributed by atoms with van der Waals surface area (Å²) in [6.07, 6.45) is 0.315. The van der Waals surface area contributed by atoms with E-state index in [1.54, 1.807) is 24.3 Å². The van der Waals surface area contributed by atoms with Gasteiger partial charge >= 0.3 is 5.97 Å². The predicted molar refractivity (Wildman–Crippen MR) is 258 cm³/mol. The molecule has 0 aliphatic rings. The molecule has 4 N–H and O–H groups in total. The molecule has 9 nitrogen and oxygen atoms in total. The minimum atomic E-state index is -0.847. The Bertz CT molecular complexity index is 2650. The summed E-state index contributed by atoms with van der Waals surface area (Å²) < 4.78 is 23.2. The number of rotatable bonds is 15. The first kappa shape index (κ1) is 46.2. The van der Waals surface area contributed by atoms with Gasteiger partial charge in [0.15, 0.2) is 0 Å². The molecule has 0 saturated heterocycles. The summed E-state index contributed by atoms with van der Waals surface area (Å²) in [4.78, 5) is 23.0. The van der Waals surface area contributed by atoms with Crippen LogP contribution in [-0.4, -0.2) is 17.0 Å². The number of aliphatic carboxylic acids is 1. The van der Waals surface area contributed by atoms with Gasteiger partial charge < -0.3 is 35.1 Å². The van der Waals surface area contributed by atoms with E-state index in [-0.39, 0.29) is 12.3 Å². The van der Waals surface area contributed by atoms with Crippen LogP contribution in [0.3, 0.4) is 0 Å². The van der Waals surface area contributed by atoms with E-state index in [0.717, 1.165) is 62.0 Å². The number of carbonyl (C=O) groups excluding carboxylic acids is 1. The minimum Gasteiger partial charge on any atom is -0.489 e. The van der Waals surface area contributed by atoms with Crippen LogP contribution in [0.25, 0.3) is 0 Å². The summed E-state index contributed by atoms with van der Waals surface area (Å²) in [5.74, 6) is 3.46. The number of anilines is 2. The minimum absolute atomic E-state index is 0.00767. The van der Waals surface area contributed by atoms with E-state index in [1.807, 2.05) is 196 Å². The van der Waals surface area contributed by atoms with Gasteiger partial charge in [-0.2, -0.15) is 0 Å². The van der Waals surface area contributed by atoms with Crippen LogP contribution in [0.15, 0.2) is 206 Å². The Kier molecular flexibility index (Phi) is 17.3. The molecule has 8 aromatic carbocycles. The molecule has 65 heavy (non-hydrogen) atoms. The second-order valence-electron chi connectivity index (χ2n) is 15.0. The second kappa shape index (κ2) is 24.4. The number of nitrogen functional groups attached to an aromatic ring is 1. The number of carboxylic acid groups (broad SMARTS) is 1. The van der Waals surface area contributed by atoms with E-state index in [2.05, 4.69) is 5.32 Å². The maximum absolute atomic E-state index is 12.3. The Morgan fingerprint density at radius 3 is 1.20 bits per heavy atom. The van der Waals surface area contributed by atoms with Crippen molar-refractivity contribution in [2.45, 2.75) is 39.9 Å². The van der Waals surface area contributed by atoms with Crippen LogP contribution in [0.1, 0.15) is 33.4 Å². The molecule has 0 fully saturated rings. The first-order valence-corrected chi connectivity index (χ1v) is 21.1. The van der Waals surface area contributed by atoms with E-state index in [9.17, 15) is 9.59 Å². The summed E-state index contributed by atoms with van der Waals surface area (Å²) in [6.45, 7) is 5.02. The maximum atomic E-state index is 12.3. The topological polar surface area (TPSA) is 129 Å². The van der Waals surface area contributed by atoms with Gasteiger partial charge in [0.1, 0.15) is 47.7 Å². The highest BCUT2D eigenvalue weighted by molar-refractivity contribution is 5.93. The smallest absolute Gasteiger partial charge is 0.307 e. The number of aryl methyl sites for hydroxylation is 2. The van der Waals surface area contributed by atoms with E-state index in [4.69, 9.17) is 29.8 Å². The lowest BCUT2D eigenvalue weighted by Crippen LogP contribution is -2.15. The molecule has 9 heteroatoms. The number of benzene rings is 8. The fraction of sp³-hybridized carbons (Fsp3) is 0.107. The largest absolute Gasteiger partial charge is 0.489 e. The van der Waals surface area contributed by atoms with Crippen LogP contribution in [0.5, 0.6) is 34.5 Å². The number of para-hydroxylation sites is 2. The Balaban J connectivity index is 0.000000188. The Hall–Kier alpha value is -8.30. The van der Waals surface area contributed by atoms with E-state index in [0.29, 0.717) is 36.9 Å². The molecule has 0 aliphatic heterocycles. The number of nitrogens with two attached hydrogens (primary N) is 1. The van der Waals surface area contributed by atoms with E-state index >= 15 is 0 Å². The molecular formula is C56H52N2O7. The third kappa shape index (κ3) is 16.2. The van der Waals surface area contributed by atoms with Gasteiger partial charge in [-0.15, -0.1) is 0 Å². The Morgan fingerprint density at radius 1 is 0.431 bits per heavy atom. The maximum Gasteiger partial charge on any atom is 0.307 e. The van der Waals surface area contributed by atoms with Crippen molar-refractivity contribution >= 4 is 23.3 Å². The number of hydrogen-bond donors (Lipinski definition) is 3. The van der Waals surface area contributed by atoms with Crippen molar-refractivity contribution in [3.05, 3.63) is 240 Å². The van der Waals surface area contributed by atoms with Gasteiger partial charge in [0, 0.05) is 11.4 Å². The highest BCUT2D eigenvalue weighted by Crippen LogP contribution is 2.26. The molecule has 0 aliphatic carbocycles. The molecule has 0 atom stereocenters. The van der Waals surface area contributed by atoms with Crippen molar-refractivity contribution in [3.8, 4) is 34.5 Å². The molecule has 1 amide bonds. The summed E-state index contributed by atoms with van der Waals surface area (Å²) in [7, 11) is 0. The molecule has 8 rings (SSSR count). The van der Waals surface area contributed by atoms with Crippen molar-refractivity contribution in [2.75, 3.05) is 11.1 Å². The van der Waals surface area contributed by atoms with Crippen molar-refractivity contribution in [1.29, 1.82) is 0 Å². The third-order valence-electron chi connectivity index (χ3n) is 9.79. The zero-order valence-electron chi connectivity index (χ0n) is 36.4. The molecule has 328 valence electrons. The van der Waals surface area contributed by atoms with Crippen LogP contribution in [-0.2, 0) is 35.6 Å². The van der Waals surface area contributed by atoms with Crippen LogP contribution in [0, 0.1) is 13.8 Å². The second-order valence-corrected chi connectivity index (χ2v) is 15.0. The lowest BCUT2D eigenvalue weighted by molar-refractivity contribution is -0.136. The molecule has 0 unspecified atom stereocenters. The number of carbonyl (C=O) groups is 2. The third-order valence-corrected chi connectivity index (χ3v) is 9.79. The van der Waals surface area contributed by atoms with Gasteiger partial charge in [-0.05, 0) is 132 Å². The van der Waals surface area contributed by atoms with Crippen LogP contribution in [0.2, 0.25) is 0 Å². The Labute approximate surface area is 380 Å². The Morgan fingerprint density at radius 2 is 0.800 bits per heavy atom. The van der Waals surface area contributed by atoms with Gasteiger partial charge in [0.2, 0.25) is 5.91 Å². The highest BCUT2D eigenvalue weighted by Gasteiger charge is 2.08. The van der Waals surface area contributed by atoms with E-state index < -0.39 is 5.97 Å². The number of ether oxygens (including phenoxy) is 4. The lowest BCUT2D eigenvalue weighted by atomic mass is 10.1. The van der Waals surface area contributed by atoms with Gasteiger partial charge in [-0.25, -0.2) is 0 Å². The van der Waals surface area contributed by atoms with Gasteiger partial charge in [-0.1, -0.05) is 121 Å². The lowest BCUT2D eigenvalue weighted by Gasteiger charge is -2.10. The van der Waals surface area contributed by atoms with Crippen molar-refractivity contribution < 1.29 is 33.6 Å². The van der Waals surface area contributed by atoms with E-state index in [1.165, 1.54) is 0 Å². The van der Waals surface area contributed by atoms with Crippen LogP contribution >= 0.6 is 0 Å². The average Bonchev–Trinajstić information content (AvgIpc) is 3.32. The molecule has 0 heterocycles. The SMILES string of the molecule is Cc1ccccc1N.Cc1ccccc1NC(=O)Cc1ccc(Oc2ccc(OCc3ccccc3)cc2)cc1.O=C(O)Cc1ccc(Oc2ccc(OCc3ccccc3)cc2)cc1. The first-order valence-electron chi connectivity index (χ1n) is 21.1. The molecule has 0 radical (unpaired) electrons. The summed E-state index contributed by atoms with van der Waals surface area (Å²) in [5, 5.41) is 11.7. The molecule has 0 saturated carbocycles. The van der Waals surface area contributed by atoms with Crippen LogP contribution in [0.4, 0.5) is 11.4 Å². The number of carboxylic acids is 1. The van der Waals surface area contributed by atoms with Crippen LogP contribution < -0.4 is 30.0 Å². The predicted octanol–water partition coefficient (Wildman–Crippen LogP) is 12.8. The summed E-state index contributed by atoms with van der Waals surface area (Å²) >= 11 is 0. The quantitative estimate of drug-likeness (QED) is 0.0869. The van der Waals surface area contributed by atoms with Crippen molar-refractivity contribution in [2.24, 2.45) is 0 Å². The fourth-order valence-corrected chi connectivity index (χ4v) is 6.17. The summed E-state index contributed by atoms with van der Waals surface area (Å²) in [5.41, 5.74) is 13.3. The van der Waals surface area contributed by atoms with Gasteiger partial charge in [0.05, 0.1) is 12.8 Å². The monoisotopic (exact) mass is 864 g/mol. The zero-order valence-corrected chi connectivity index (χ0v) is 36.4. The zero-order chi connectivity index (χ0) is 45.6. The first-order chi connectivity index (χ1) is 31.6. The molecule has 0 spiro atoms. The normalized spacial score (nSPS) is 10.2. The highest BCUT2D eigenvalue weighted by atomic mass is 16.5. The fourth-order valence-electron chi connectivity index (χ4n) is 6.17. The van der Waals surface area contributed by atoms with Crippen molar-refractivity contribution in [3.63, 3.8) is 0 Å². The summed E-state index contributed by atoms with van der Waals surface area (Å²) in [6, 6.07) is 65.1. The molecule has 0 aromatic heterocycles. The number of hydrogen-bond acceptors (Lipinski definition) is 7. The molecule has 8 aromatic rings. The molecule has 0 bridgehead atoms. The number of amides is 1. The molecular weight excluding hydrogens is 813 g/mol. The number of nitrogens with one attached hydrogen (secondary N) is 1.